The molecule has 0 aliphatic heterocycles. The molecule has 1 fully saturated rings. The second kappa shape index (κ2) is 7.06. The van der Waals surface area contributed by atoms with Gasteiger partial charge in [-0.1, -0.05) is 56.4 Å². The predicted molar refractivity (Wildman–Crippen MR) is 80.0 cm³/mol. The molecule has 0 atom stereocenters. The molecular formula is C17H27NO. The lowest BCUT2D eigenvalue weighted by atomic mass is 9.81. The minimum absolute atomic E-state index is 0.598. The highest BCUT2D eigenvalue weighted by molar-refractivity contribution is 5.28. The molecule has 1 aliphatic rings. The van der Waals surface area contributed by atoms with Crippen molar-refractivity contribution in [1.29, 1.82) is 0 Å². The molecule has 1 aromatic carbocycles. The molecule has 0 radical (unpaired) electrons. The summed E-state index contributed by atoms with van der Waals surface area (Å²) in [4.78, 5) is 0. The second-order valence-corrected chi connectivity index (χ2v) is 5.89. The third kappa shape index (κ3) is 4.05. The van der Waals surface area contributed by atoms with Crippen LogP contribution in [-0.2, 0) is 12.0 Å². The number of nitrogens with two attached hydrogens (primary N) is 1. The highest BCUT2D eigenvalue weighted by Crippen LogP contribution is 2.35. The third-order valence-corrected chi connectivity index (χ3v) is 4.31. The molecule has 0 unspecified atom stereocenters. The number of rotatable bonds is 4. The first-order valence-corrected chi connectivity index (χ1v) is 7.76. The normalized spacial score (nSPS) is 19.7. The van der Waals surface area contributed by atoms with Crippen LogP contribution in [0.15, 0.2) is 24.3 Å². The smallest absolute Gasteiger partial charge is 0.0896 e. The van der Waals surface area contributed by atoms with E-state index >= 15 is 0 Å². The molecule has 1 aliphatic carbocycles. The van der Waals surface area contributed by atoms with E-state index in [-0.39, 0.29) is 0 Å². The minimum Gasteiger partial charge on any atom is -0.385 e. The molecule has 2 rings (SSSR count). The Labute approximate surface area is 117 Å². The summed E-state index contributed by atoms with van der Waals surface area (Å²) in [5, 5.41) is 11.0. The van der Waals surface area contributed by atoms with E-state index in [2.05, 4.69) is 24.3 Å². The SMILES string of the molecule is NCCCc1cccc(C2(O)CCCCCCC2)c1. The van der Waals surface area contributed by atoms with Crippen molar-refractivity contribution in [3.63, 3.8) is 0 Å². The maximum absolute atomic E-state index is 11.0. The molecule has 0 amide bonds. The van der Waals surface area contributed by atoms with Gasteiger partial charge in [-0.25, -0.2) is 0 Å². The van der Waals surface area contributed by atoms with Crippen LogP contribution in [0.3, 0.4) is 0 Å². The lowest BCUT2D eigenvalue weighted by Gasteiger charge is -2.31. The molecule has 0 heterocycles. The van der Waals surface area contributed by atoms with Gasteiger partial charge in [0.25, 0.3) is 0 Å². The average Bonchev–Trinajstić information content (AvgIpc) is 2.41. The van der Waals surface area contributed by atoms with Crippen LogP contribution in [0.1, 0.15) is 62.5 Å². The fourth-order valence-corrected chi connectivity index (χ4v) is 3.10. The Bertz CT molecular complexity index is 381. The quantitative estimate of drug-likeness (QED) is 0.871. The Morgan fingerprint density at radius 2 is 1.74 bits per heavy atom. The Balaban J connectivity index is 2.13. The zero-order valence-corrected chi connectivity index (χ0v) is 11.9. The van der Waals surface area contributed by atoms with Gasteiger partial charge < -0.3 is 10.8 Å². The Kier molecular flexibility index (Phi) is 5.41. The first kappa shape index (κ1) is 14.5. The zero-order valence-electron chi connectivity index (χ0n) is 11.9. The first-order chi connectivity index (χ1) is 9.24. The maximum atomic E-state index is 11.0. The summed E-state index contributed by atoms with van der Waals surface area (Å²) in [6.07, 6.45) is 9.98. The van der Waals surface area contributed by atoms with E-state index < -0.39 is 5.60 Å². The van der Waals surface area contributed by atoms with Crippen molar-refractivity contribution in [1.82, 2.24) is 0 Å². The Morgan fingerprint density at radius 1 is 1.05 bits per heavy atom. The number of aryl methyl sites for hydroxylation is 1. The van der Waals surface area contributed by atoms with Crippen LogP contribution in [-0.4, -0.2) is 11.7 Å². The van der Waals surface area contributed by atoms with Gasteiger partial charge in [-0.2, -0.15) is 0 Å². The van der Waals surface area contributed by atoms with Crippen LogP contribution in [0.25, 0.3) is 0 Å². The lowest BCUT2D eigenvalue weighted by molar-refractivity contribution is 0.00954. The molecule has 106 valence electrons. The minimum atomic E-state index is -0.598. The highest BCUT2D eigenvalue weighted by Gasteiger charge is 2.29. The lowest BCUT2D eigenvalue weighted by Crippen LogP contribution is -2.26. The van der Waals surface area contributed by atoms with Gasteiger partial charge in [0.05, 0.1) is 5.60 Å². The third-order valence-electron chi connectivity index (χ3n) is 4.31. The van der Waals surface area contributed by atoms with Gasteiger partial charge in [-0.15, -0.1) is 0 Å². The molecule has 3 N–H and O–H groups in total. The van der Waals surface area contributed by atoms with Crippen molar-refractivity contribution in [3.05, 3.63) is 35.4 Å². The van der Waals surface area contributed by atoms with E-state index in [0.717, 1.165) is 50.6 Å². The summed E-state index contributed by atoms with van der Waals surface area (Å²) in [5.74, 6) is 0. The van der Waals surface area contributed by atoms with Crippen LogP contribution in [0, 0.1) is 0 Å². The summed E-state index contributed by atoms with van der Waals surface area (Å²) < 4.78 is 0. The van der Waals surface area contributed by atoms with Crippen molar-refractivity contribution >= 4 is 0 Å². The van der Waals surface area contributed by atoms with Crippen LogP contribution in [0.4, 0.5) is 0 Å². The zero-order chi connectivity index (χ0) is 13.6. The first-order valence-electron chi connectivity index (χ1n) is 7.76. The van der Waals surface area contributed by atoms with Crippen molar-refractivity contribution < 1.29 is 5.11 Å². The predicted octanol–water partition coefficient (Wildman–Crippen LogP) is 3.51. The van der Waals surface area contributed by atoms with Gasteiger partial charge >= 0.3 is 0 Å². The van der Waals surface area contributed by atoms with Crippen molar-refractivity contribution in [2.75, 3.05) is 6.54 Å². The van der Waals surface area contributed by atoms with Crippen molar-refractivity contribution in [3.8, 4) is 0 Å². The Morgan fingerprint density at radius 3 is 2.42 bits per heavy atom. The summed E-state index contributed by atoms with van der Waals surface area (Å²) in [6.45, 7) is 0.731. The topological polar surface area (TPSA) is 46.2 Å². The molecule has 0 spiro atoms. The molecule has 19 heavy (non-hydrogen) atoms. The number of benzene rings is 1. The number of hydrogen-bond donors (Lipinski definition) is 2. The average molecular weight is 261 g/mol. The standard InChI is InChI=1S/C17H27NO/c18-13-7-9-15-8-6-10-16(14-15)17(19)11-4-2-1-3-5-12-17/h6,8,10,14,19H,1-5,7,9,11-13,18H2. The van der Waals surface area contributed by atoms with E-state index in [4.69, 9.17) is 5.73 Å². The van der Waals surface area contributed by atoms with E-state index in [0.29, 0.717) is 0 Å². The molecule has 2 heteroatoms. The molecule has 0 aromatic heterocycles. The van der Waals surface area contributed by atoms with Crippen LogP contribution < -0.4 is 5.73 Å². The van der Waals surface area contributed by atoms with E-state index in [1.165, 1.54) is 24.8 Å². The van der Waals surface area contributed by atoms with Gasteiger partial charge in [0.2, 0.25) is 0 Å². The van der Waals surface area contributed by atoms with Crippen molar-refractivity contribution in [2.24, 2.45) is 5.73 Å². The van der Waals surface area contributed by atoms with Gasteiger partial charge in [0.1, 0.15) is 0 Å². The van der Waals surface area contributed by atoms with Crippen molar-refractivity contribution in [2.45, 2.75) is 63.4 Å². The van der Waals surface area contributed by atoms with E-state index in [1.807, 2.05) is 0 Å². The molecule has 0 saturated heterocycles. The van der Waals surface area contributed by atoms with Crippen LogP contribution in [0.2, 0.25) is 0 Å². The molecular weight excluding hydrogens is 234 g/mol. The largest absolute Gasteiger partial charge is 0.385 e. The van der Waals surface area contributed by atoms with Gasteiger partial charge in [-0.3, -0.25) is 0 Å². The summed E-state index contributed by atoms with van der Waals surface area (Å²) in [7, 11) is 0. The highest BCUT2D eigenvalue weighted by atomic mass is 16.3. The van der Waals surface area contributed by atoms with Gasteiger partial charge in [0.15, 0.2) is 0 Å². The maximum Gasteiger partial charge on any atom is 0.0896 e. The number of hydrogen-bond acceptors (Lipinski definition) is 2. The second-order valence-electron chi connectivity index (χ2n) is 5.89. The molecule has 1 aromatic rings. The molecule has 2 nitrogen and oxygen atoms in total. The summed E-state index contributed by atoms with van der Waals surface area (Å²) in [5.41, 5.74) is 7.39. The molecule has 1 saturated carbocycles. The van der Waals surface area contributed by atoms with E-state index in [9.17, 15) is 5.11 Å². The fourth-order valence-electron chi connectivity index (χ4n) is 3.10. The number of aliphatic hydroxyl groups is 1. The fraction of sp³-hybridized carbons (Fsp3) is 0.647. The molecule has 0 bridgehead atoms. The monoisotopic (exact) mass is 261 g/mol. The van der Waals surface area contributed by atoms with Crippen LogP contribution in [0.5, 0.6) is 0 Å². The van der Waals surface area contributed by atoms with E-state index in [1.54, 1.807) is 0 Å². The Hall–Kier alpha value is -0.860. The summed E-state index contributed by atoms with van der Waals surface area (Å²) in [6, 6.07) is 8.51. The van der Waals surface area contributed by atoms with Gasteiger partial charge in [0, 0.05) is 0 Å². The van der Waals surface area contributed by atoms with Crippen LogP contribution >= 0.6 is 0 Å². The summed E-state index contributed by atoms with van der Waals surface area (Å²) >= 11 is 0. The van der Waals surface area contributed by atoms with Gasteiger partial charge in [-0.05, 0) is 43.4 Å².